The molecular formula is C21H42F4N+. The molecule has 0 fully saturated rings. The first-order valence-electron chi connectivity index (χ1n) is 9.87. The second-order valence-electron chi connectivity index (χ2n) is 6.71. The molecule has 0 amide bonds. The van der Waals surface area contributed by atoms with Gasteiger partial charge in [0.05, 0.1) is 0 Å². The fourth-order valence-corrected chi connectivity index (χ4v) is 3.07. The molecule has 0 saturated heterocycles. The van der Waals surface area contributed by atoms with Gasteiger partial charge in [0.2, 0.25) is 0 Å². The Morgan fingerprint density at radius 1 is 0.462 bits per heavy atom. The van der Waals surface area contributed by atoms with Crippen LogP contribution in [0.15, 0.2) is 30.6 Å². The molecule has 0 N–H and O–H groups in total. The molecular weight excluding hydrogens is 342 g/mol. The molecule has 0 atom stereocenters. The first-order chi connectivity index (χ1) is 10.9. The van der Waals surface area contributed by atoms with Crippen LogP contribution in [0, 0.1) is 0 Å². The van der Waals surface area contributed by atoms with Gasteiger partial charge in [-0.1, -0.05) is 90.0 Å². The molecule has 0 radical (unpaired) electrons. The van der Waals surface area contributed by atoms with Crippen LogP contribution in [-0.2, 0) is 6.54 Å². The van der Waals surface area contributed by atoms with Gasteiger partial charge in [-0.3, -0.25) is 18.8 Å². The van der Waals surface area contributed by atoms with Crippen molar-refractivity contribution in [1.29, 1.82) is 0 Å². The lowest BCUT2D eigenvalue weighted by atomic mass is 10.0. The SMILES string of the molecule is CCCCCCCCCCCCCCCC[n+]1ccccc1.F.F.F.F. The van der Waals surface area contributed by atoms with Gasteiger partial charge in [-0.2, -0.15) is 0 Å². The maximum absolute atomic E-state index is 2.29. The largest absolute Gasteiger partial charge is 0.269 e. The van der Waals surface area contributed by atoms with Gasteiger partial charge in [0.1, 0.15) is 6.54 Å². The Balaban J connectivity index is -0.000000605. The maximum atomic E-state index is 2.29. The zero-order valence-corrected chi connectivity index (χ0v) is 16.6. The van der Waals surface area contributed by atoms with Gasteiger partial charge in [-0.05, 0) is 6.42 Å². The minimum absolute atomic E-state index is 0. The van der Waals surface area contributed by atoms with Crippen molar-refractivity contribution >= 4 is 0 Å². The third kappa shape index (κ3) is 20.9. The van der Waals surface area contributed by atoms with E-state index < -0.39 is 0 Å². The van der Waals surface area contributed by atoms with E-state index in [4.69, 9.17) is 0 Å². The Hall–Kier alpha value is -1.13. The lowest BCUT2D eigenvalue weighted by Gasteiger charge is -2.02. The second kappa shape index (κ2) is 26.1. The highest BCUT2D eigenvalue weighted by Crippen LogP contribution is 2.12. The van der Waals surface area contributed by atoms with Crippen molar-refractivity contribution in [2.75, 3.05) is 0 Å². The van der Waals surface area contributed by atoms with E-state index in [-0.39, 0.29) is 18.8 Å². The summed E-state index contributed by atoms with van der Waals surface area (Å²) in [4.78, 5) is 0. The molecule has 0 saturated carbocycles. The Morgan fingerprint density at radius 2 is 0.808 bits per heavy atom. The van der Waals surface area contributed by atoms with Crippen molar-refractivity contribution in [1.82, 2.24) is 0 Å². The second-order valence-corrected chi connectivity index (χ2v) is 6.71. The Bertz CT molecular complexity index is 336. The number of hydrogen-bond acceptors (Lipinski definition) is 0. The summed E-state index contributed by atoms with van der Waals surface area (Å²) in [5.74, 6) is 0. The highest BCUT2D eigenvalue weighted by Gasteiger charge is 1.98. The number of rotatable bonds is 15. The summed E-state index contributed by atoms with van der Waals surface area (Å²) in [5, 5.41) is 0. The quantitative estimate of drug-likeness (QED) is 0.173. The normalized spacial score (nSPS) is 9.27. The van der Waals surface area contributed by atoms with Gasteiger partial charge < -0.3 is 0 Å². The van der Waals surface area contributed by atoms with E-state index in [0.29, 0.717) is 0 Å². The van der Waals surface area contributed by atoms with Crippen LogP contribution in [0.4, 0.5) is 18.8 Å². The molecule has 5 heteroatoms. The lowest BCUT2D eigenvalue weighted by molar-refractivity contribution is -0.697. The van der Waals surface area contributed by atoms with Gasteiger partial charge in [-0.25, -0.2) is 4.57 Å². The molecule has 0 bridgehead atoms. The summed E-state index contributed by atoms with van der Waals surface area (Å²) < 4.78 is 2.29. The molecule has 26 heavy (non-hydrogen) atoms. The van der Waals surface area contributed by atoms with Crippen LogP contribution in [0.25, 0.3) is 0 Å². The van der Waals surface area contributed by atoms with Crippen LogP contribution < -0.4 is 4.57 Å². The number of unbranched alkanes of at least 4 members (excludes halogenated alkanes) is 13. The smallest absolute Gasteiger partial charge is 0.168 e. The topological polar surface area (TPSA) is 3.88 Å². The van der Waals surface area contributed by atoms with E-state index in [1.54, 1.807) is 0 Å². The number of pyridine rings is 1. The average molecular weight is 385 g/mol. The van der Waals surface area contributed by atoms with E-state index in [9.17, 15) is 0 Å². The van der Waals surface area contributed by atoms with Gasteiger partial charge in [0, 0.05) is 18.6 Å². The van der Waals surface area contributed by atoms with Crippen molar-refractivity contribution in [2.24, 2.45) is 0 Å². The first kappa shape index (κ1) is 32.5. The van der Waals surface area contributed by atoms with Crippen LogP contribution in [0.1, 0.15) is 96.8 Å². The number of aromatic nitrogens is 1. The van der Waals surface area contributed by atoms with Crippen molar-refractivity contribution in [3.8, 4) is 0 Å². The summed E-state index contributed by atoms with van der Waals surface area (Å²) in [6.07, 6.45) is 24.4. The van der Waals surface area contributed by atoms with Crippen molar-refractivity contribution in [3.63, 3.8) is 0 Å². The zero-order chi connectivity index (χ0) is 15.7. The standard InChI is InChI=1S/C21H38N.4FH/c1-2-3-4-5-6-7-8-9-10-11-12-13-14-16-19-22-20-17-15-18-21-22;;;;/h15,17-18,20-21H,2-14,16,19H2,1H3;4*1H/q+1;;;;. The Kier molecular flexibility index (Phi) is 32.7. The monoisotopic (exact) mass is 384 g/mol. The van der Waals surface area contributed by atoms with Gasteiger partial charge in [0.25, 0.3) is 0 Å². The highest BCUT2D eigenvalue weighted by atomic mass is 19.0. The van der Waals surface area contributed by atoms with E-state index in [0.717, 1.165) is 0 Å². The summed E-state index contributed by atoms with van der Waals surface area (Å²) >= 11 is 0. The van der Waals surface area contributed by atoms with Crippen LogP contribution in [-0.4, -0.2) is 0 Å². The predicted octanol–water partition coefficient (Wildman–Crippen LogP) is 7.07. The summed E-state index contributed by atoms with van der Waals surface area (Å²) in [5.41, 5.74) is 0. The van der Waals surface area contributed by atoms with Crippen LogP contribution >= 0.6 is 0 Å². The molecule has 0 aliphatic carbocycles. The van der Waals surface area contributed by atoms with Gasteiger partial charge in [-0.15, -0.1) is 0 Å². The fourth-order valence-electron chi connectivity index (χ4n) is 3.07. The molecule has 1 heterocycles. The first-order valence-corrected chi connectivity index (χ1v) is 9.87. The third-order valence-electron chi connectivity index (χ3n) is 4.55. The molecule has 0 spiro atoms. The molecule has 1 aromatic rings. The van der Waals surface area contributed by atoms with Crippen molar-refractivity contribution < 1.29 is 23.4 Å². The lowest BCUT2D eigenvalue weighted by Crippen LogP contribution is -2.32. The maximum Gasteiger partial charge on any atom is 0.168 e. The van der Waals surface area contributed by atoms with E-state index in [2.05, 4.69) is 42.1 Å². The molecule has 0 unspecified atom stereocenters. The molecule has 1 aromatic heterocycles. The predicted molar refractivity (Wildman–Crippen MR) is 107 cm³/mol. The molecule has 158 valence electrons. The Morgan fingerprint density at radius 3 is 1.19 bits per heavy atom. The minimum atomic E-state index is 0. The molecule has 0 aromatic carbocycles. The van der Waals surface area contributed by atoms with E-state index in [1.807, 2.05) is 0 Å². The van der Waals surface area contributed by atoms with Crippen LogP contribution in [0.2, 0.25) is 0 Å². The average Bonchev–Trinajstić information content (AvgIpc) is 2.56. The summed E-state index contributed by atoms with van der Waals surface area (Å²) in [6, 6.07) is 6.31. The number of hydrogen-bond donors (Lipinski definition) is 0. The fraction of sp³-hybridized carbons (Fsp3) is 0.762. The third-order valence-corrected chi connectivity index (χ3v) is 4.55. The summed E-state index contributed by atoms with van der Waals surface area (Å²) in [6.45, 7) is 3.47. The number of halogens is 4. The van der Waals surface area contributed by atoms with Crippen LogP contribution in [0.3, 0.4) is 0 Å². The molecule has 0 aliphatic heterocycles. The molecule has 0 aliphatic rings. The van der Waals surface area contributed by atoms with E-state index in [1.165, 1.54) is 96.4 Å². The van der Waals surface area contributed by atoms with Crippen molar-refractivity contribution in [2.45, 2.75) is 103 Å². The van der Waals surface area contributed by atoms with Gasteiger partial charge >= 0.3 is 0 Å². The van der Waals surface area contributed by atoms with Gasteiger partial charge in [0.15, 0.2) is 12.4 Å². The zero-order valence-electron chi connectivity index (χ0n) is 16.6. The molecule has 1 nitrogen and oxygen atoms in total. The summed E-state index contributed by atoms with van der Waals surface area (Å²) in [7, 11) is 0. The van der Waals surface area contributed by atoms with E-state index >= 15 is 0 Å². The van der Waals surface area contributed by atoms with Crippen molar-refractivity contribution in [3.05, 3.63) is 30.6 Å². The number of nitrogens with zero attached hydrogens (tertiary/aromatic N) is 1. The molecule has 1 rings (SSSR count). The minimum Gasteiger partial charge on any atom is -0.269 e. The highest BCUT2D eigenvalue weighted by molar-refractivity contribution is 4.83. The Labute approximate surface area is 158 Å². The number of aryl methyl sites for hydroxylation is 1. The van der Waals surface area contributed by atoms with Crippen LogP contribution in [0.5, 0.6) is 0 Å².